The molecular formula is C8H16NO. The van der Waals surface area contributed by atoms with Crippen LogP contribution in [0.2, 0.25) is 0 Å². The SMILES string of the molecule is [CH2]C(CCC(C)=O)N(C)C. The third kappa shape index (κ3) is 4.50. The maximum absolute atomic E-state index is 10.5. The molecule has 2 heteroatoms. The second kappa shape index (κ2) is 4.45. The molecule has 0 saturated carbocycles. The Labute approximate surface area is 63.2 Å². The van der Waals surface area contributed by atoms with Crippen LogP contribution in [0.15, 0.2) is 0 Å². The van der Waals surface area contributed by atoms with Gasteiger partial charge in [0.1, 0.15) is 5.78 Å². The van der Waals surface area contributed by atoms with Crippen LogP contribution >= 0.6 is 0 Å². The van der Waals surface area contributed by atoms with Crippen molar-refractivity contribution in [1.29, 1.82) is 0 Å². The zero-order valence-corrected chi connectivity index (χ0v) is 7.05. The van der Waals surface area contributed by atoms with Crippen LogP contribution < -0.4 is 0 Å². The number of carbonyl (C=O) groups excluding carboxylic acids is 1. The Morgan fingerprint density at radius 3 is 2.40 bits per heavy atom. The van der Waals surface area contributed by atoms with Crippen LogP contribution in [0.1, 0.15) is 19.8 Å². The number of carbonyl (C=O) groups is 1. The third-order valence-electron chi connectivity index (χ3n) is 1.56. The summed E-state index contributed by atoms with van der Waals surface area (Å²) in [4.78, 5) is 12.5. The smallest absolute Gasteiger partial charge is 0.129 e. The summed E-state index contributed by atoms with van der Waals surface area (Å²) in [6.45, 7) is 5.50. The minimum atomic E-state index is 0.246. The molecule has 0 N–H and O–H groups in total. The second-order valence-electron chi connectivity index (χ2n) is 2.86. The number of hydrogen-bond acceptors (Lipinski definition) is 2. The normalized spacial score (nSPS) is 13.7. The number of rotatable bonds is 4. The molecule has 1 atom stereocenters. The number of hydrogen-bond donors (Lipinski definition) is 0. The lowest BCUT2D eigenvalue weighted by Gasteiger charge is -2.18. The Morgan fingerprint density at radius 2 is 2.10 bits per heavy atom. The van der Waals surface area contributed by atoms with Crippen molar-refractivity contribution in [2.24, 2.45) is 0 Å². The quantitative estimate of drug-likeness (QED) is 0.586. The maximum Gasteiger partial charge on any atom is 0.129 e. The average molecular weight is 142 g/mol. The lowest BCUT2D eigenvalue weighted by Crippen LogP contribution is -2.25. The van der Waals surface area contributed by atoms with E-state index in [1.54, 1.807) is 6.92 Å². The molecule has 0 aliphatic rings. The molecule has 0 amide bonds. The van der Waals surface area contributed by atoms with Crippen LogP contribution in [0.4, 0.5) is 0 Å². The van der Waals surface area contributed by atoms with E-state index in [1.807, 2.05) is 19.0 Å². The molecule has 0 aromatic heterocycles. The van der Waals surface area contributed by atoms with Gasteiger partial charge < -0.3 is 9.69 Å². The van der Waals surface area contributed by atoms with Crippen molar-refractivity contribution >= 4 is 5.78 Å². The number of nitrogens with zero attached hydrogens (tertiary/aromatic N) is 1. The summed E-state index contributed by atoms with van der Waals surface area (Å²) in [7, 11) is 3.94. The largest absolute Gasteiger partial charge is 0.306 e. The minimum absolute atomic E-state index is 0.246. The zero-order chi connectivity index (χ0) is 8.15. The van der Waals surface area contributed by atoms with Gasteiger partial charge in [-0.25, -0.2) is 0 Å². The summed E-state index contributed by atoms with van der Waals surface area (Å²) >= 11 is 0. The van der Waals surface area contributed by atoms with Crippen LogP contribution in [0.3, 0.4) is 0 Å². The van der Waals surface area contributed by atoms with Crippen molar-refractivity contribution in [3.8, 4) is 0 Å². The van der Waals surface area contributed by atoms with Crippen molar-refractivity contribution in [3.05, 3.63) is 6.92 Å². The van der Waals surface area contributed by atoms with Gasteiger partial charge >= 0.3 is 0 Å². The molecule has 0 bridgehead atoms. The van der Waals surface area contributed by atoms with Crippen molar-refractivity contribution < 1.29 is 4.79 Å². The topological polar surface area (TPSA) is 20.3 Å². The first-order valence-corrected chi connectivity index (χ1v) is 3.53. The number of Topliss-reactive ketones (excluding diaryl/α,β-unsaturated/α-hetero) is 1. The van der Waals surface area contributed by atoms with Gasteiger partial charge in [-0.05, 0) is 34.4 Å². The summed E-state index contributed by atoms with van der Waals surface area (Å²) < 4.78 is 0. The molecule has 0 heterocycles. The van der Waals surface area contributed by atoms with Gasteiger partial charge in [-0.2, -0.15) is 0 Å². The second-order valence-corrected chi connectivity index (χ2v) is 2.86. The molecule has 2 nitrogen and oxygen atoms in total. The first kappa shape index (κ1) is 9.63. The van der Waals surface area contributed by atoms with E-state index in [-0.39, 0.29) is 11.8 Å². The molecule has 0 spiro atoms. The Bertz CT molecular complexity index is 110. The highest BCUT2D eigenvalue weighted by Crippen LogP contribution is 2.01. The fourth-order valence-corrected chi connectivity index (χ4v) is 0.628. The van der Waals surface area contributed by atoms with E-state index in [4.69, 9.17) is 0 Å². The summed E-state index contributed by atoms with van der Waals surface area (Å²) in [6, 6.07) is 0.267. The molecule has 0 aliphatic heterocycles. The van der Waals surface area contributed by atoms with Crippen LogP contribution in [0.5, 0.6) is 0 Å². The predicted molar refractivity (Wildman–Crippen MR) is 42.7 cm³/mol. The molecule has 59 valence electrons. The molecule has 10 heavy (non-hydrogen) atoms. The highest BCUT2D eigenvalue weighted by Gasteiger charge is 2.04. The van der Waals surface area contributed by atoms with Crippen LogP contribution in [-0.4, -0.2) is 30.8 Å². The van der Waals surface area contributed by atoms with Gasteiger partial charge in [-0.1, -0.05) is 0 Å². The lowest BCUT2D eigenvalue weighted by atomic mass is 10.1. The maximum atomic E-state index is 10.5. The van der Waals surface area contributed by atoms with E-state index < -0.39 is 0 Å². The molecule has 0 aromatic carbocycles. The van der Waals surface area contributed by atoms with E-state index in [0.29, 0.717) is 6.42 Å². The van der Waals surface area contributed by atoms with Gasteiger partial charge in [0, 0.05) is 12.5 Å². The van der Waals surface area contributed by atoms with Crippen molar-refractivity contribution in [2.45, 2.75) is 25.8 Å². The molecule has 0 saturated heterocycles. The lowest BCUT2D eigenvalue weighted by molar-refractivity contribution is -0.117. The molecule has 0 rings (SSSR count). The van der Waals surface area contributed by atoms with Gasteiger partial charge in [0.2, 0.25) is 0 Å². The third-order valence-corrected chi connectivity index (χ3v) is 1.56. The van der Waals surface area contributed by atoms with Crippen LogP contribution in [0, 0.1) is 6.92 Å². The van der Waals surface area contributed by atoms with Crippen LogP contribution in [-0.2, 0) is 4.79 Å². The summed E-state index contributed by atoms with van der Waals surface area (Å²) in [5.74, 6) is 0.246. The van der Waals surface area contributed by atoms with Crippen molar-refractivity contribution in [2.75, 3.05) is 14.1 Å². The first-order chi connectivity index (χ1) is 4.54. The number of ketones is 1. The van der Waals surface area contributed by atoms with Crippen LogP contribution in [0.25, 0.3) is 0 Å². The zero-order valence-electron chi connectivity index (χ0n) is 7.05. The Balaban J connectivity index is 3.39. The van der Waals surface area contributed by atoms with E-state index in [2.05, 4.69) is 6.92 Å². The van der Waals surface area contributed by atoms with E-state index in [9.17, 15) is 4.79 Å². The summed E-state index contributed by atoms with van der Waals surface area (Å²) in [5.41, 5.74) is 0. The molecule has 0 aliphatic carbocycles. The molecular weight excluding hydrogens is 126 g/mol. The molecule has 0 aromatic rings. The Hall–Kier alpha value is -0.370. The van der Waals surface area contributed by atoms with Crippen molar-refractivity contribution in [3.63, 3.8) is 0 Å². The van der Waals surface area contributed by atoms with Gasteiger partial charge in [-0.15, -0.1) is 0 Å². The van der Waals surface area contributed by atoms with Gasteiger partial charge in [0.05, 0.1) is 0 Å². The Morgan fingerprint density at radius 1 is 1.60 bits per heavy atom. The van der Waals surface area contributed by atoms with E-state index in [0.717, 1.165) is 6.42 Å². The summed E-state index contributed by atoms with van der Waals surface area (Å²) in [5, 5.41) is 0. The van der Waals surface area contributed by atoms with Gasteiger partial charge in [0.15, 0.2) is 0 Å². The van der Waals surface area contributed by atoms with E-state index >= 15 is 0 Å². The molecule has 1 radical (unpaired) electrons. The van der Waals surface area contributed by atoms with Crippen molar-refractivity contribution in [1.82, 2.24) is 4.90 Å². The Kier molecular flexibility index (Phi) is 4.28. The predicted octanol–water partition coefficient (Wildman–Crippen LogP) is 1.12. The minimum Gasteiger partial charge on any atom is -0.306 e. The highest BCUT2D eigenvalue weighted by molar-refractivity contribution is 5.75. The fraction of sp³-hybridized carbons (Fsp3) is 0.750. The monoisotopic (exact) mass is 142 g/mol. The molecule has 0 fully saturated rings. The van der Waals surface area contributed by atoms with E-state index in [1.165, 1.54) is 0 Å². The fourth-order valence-electron chi connectivity index (χ4n) is 0.628. The first-order valence-electron chi connectivity index (χ1n) is 3.53. The average Bonchev–Trinajstić information content (AvgIpc) is 1.82. The van der Waals surface area contributed by atoms with Gasteiger partial charge in [-0.3, -0.25) is 0 Å². The summed E-state index contributed by atoms with van der Waals surface area (Å²) in [6.07, 6.45) is 1.51. The molecule has 1 unspecified atom stereocenters. The highest BCUT2D eigenvalue weighted by atomic mass is 16.1. The standard InChI is InChI=1S/C8H16NO/c1-7(9(3)4)5-6-8(2)10/h7H,1,5-6H2,2-4H3. The van der Waals surface area contributed by atoms with Gasteiger partial charge in [0.25, 0.3) is 0 Å².